The Morgan fingerprint density at radius 2 is 1.65 bits per heavy atom. The van der Waals surface area contributed by atoms with Crippen molar-refractivity contribution in [2.75, 3.05) is 4.72 Å². The molecule has 118 valence electrons. The molecule has 0 spiro atoms. The summed E-state index contributed by atoms with van der Waals surface area (Å²) in [5.41, 5.74) is 3.83. The van der Waals surface area contributed by atoms with E-state index in [1.54, 1.807) is 24.4 Å². The van der Waals surface area contributed by atoms with Crippen LogP contribution in [0.5, 0.6) is 0 Å². The third-order valence-electron chi connectivity index (χ3n) is 3.76. The third kappa shape index (κ3) is 2.92. The number of anilines is 1. The van der Waals surface area contributed by atoms with Crippen LogP contribution in [0.15, 0.2) is 53.6 Å². The Morgan fingerprint density at radius 1 is 0.957 bits per heavy atom. The molecule has 3 aromatic rings. The second-order valence-electron chi connectivity index (χ2n) is 5.71. The quantitative estimate of drug-likeness (QED) is 0.792. The fraction of sp³-hybridized carbons (Fsp3) is 0.167. The molecule has 3 rings (SSSR count). The summed E-state index contributed by atoms with van der Waals surface area (Å²) in [6.07, 6.45) is 1.69. The summed E-state index contributed by atoms with van der Waals surface area (Å²) in [7, 11) is -3.66. The molecule has 0 aliphatic heterocycles. The minimum Gasteiger partial charge on any atom is -0.279 e. The van der Waals surface area contributed by atoms with Gasteiger partial charge in [0.1, 0.15) is 0 Å². The largest absolute Gasteiger partial charge is 0.279 e. The van der Waals surface area contributed by atoms with E-state index in [2.05, 4.69) is 9.71 Å². The minimum atomic E-state index is -3.66. The molecule has 0 radical (unpaired) electrons. The van der Waals surface area contributed by atoms with Crippen LogP contribution in [0.4, 0.5) is 5.69 Å². The molecule has 1 aromatic heterocycles. The summed E-state index contributed by atoms with van der Waals surface area (Å²) in [4.78, 5) is 4.59. The fourth-order valence-electron chi connectivity index (χ4n) is 2.98. The zero-order valence-corrected chi connectivity index (χ0v) is 14.1. The Kier molecular flexibility index (Phi) is 3.82. The van der Waals surface area contributed by atoms with Gasteiger partial charge in [0.15, 0.2) is 0 Å². The van der Waals surface area contributed by atoms with E-state index in [1.807, 2.05) is 45.0 Å². The molecule has 4 nitrogen and oxygen atoms in total. The lowest BCUT2D eigenvalue weighted by Crippen LogP contribution is -2.16. The van der Waals surface area contributed by atoms with Crippen molar-refractivity contribution in [3.63, 3.8) is 0 Å². The van der Waals surface area contributed by atoms with Gasteiger partial charge >= 0.3 is 0 Å². The van der Waals surface area contributed by atoms with Gasteiger partial charge in [-0.2, -0.15) is 0 Å². The number of nitrogens with zero attached hydrogens (tertiary/aromatic N) is 1. The number of benzene rings is 2. The van der Waals surface area contributed by atoms with Gasteiger partial charge in [0.05, 0.1) is 16.1 Å². The lowest BCUT2D eigenvalue weighted by Gasteiger charge is -2.15. The number of fused-ring (bicyclic) bond motifs is 1. The first-order valence-electron chi connectivity index (χ1n) is 7.33. The molecule has 0 bridgehead atoms. The summed E-state index contributed by atoms with van der Waals surface area (Å²) in [5.74, 6) is 0. The monoisotopic (exact) mass is 326 g/mol. The molecular formula is C18H18N2O2S. The van der Waals surface area contributed by atoms with Gasteiger partial charge < -0.3 is 0 Å². The molecule has 23 heavy (non-hydrogen) atoms. The summed E-state index contributed by atoms with van der Waals surface area (Å²) in [5, 5.41) is 0.779. The zero-order valence-electron chi connectivity index (χ0n) is 13.3. The molecule has 0 unspecified atom stereocenters. The topological polar surface area (TPSA) is 59.1 Å². The molecule has 0 atom stereocenters. The number of pyridine rings is 1. The van der Waals surface area contributed by atoms with Crippen molar-refractivity contribution in [1.29, 1.82) is 0 Å². The van der Waals surface area contributed by atoms with Gasteiger partial charge in [-0.05, 0) is 56.2 Å². The highest BCUT2D eigenvalue weighted by Crippen LogP contribution is 2.27. The lowest BCUT2D eigenvalue weighted by molar-refractivity contribution is 0.600. The summed E-state index contributed by atoms with van der Waals surface area (Å²) < 4.78 is 28.4. The second-order valence-corrected chi connectivity index (χ2v) is 7.33. The van der Waals surface area contributed by atoms with Crippen LogP contribution < -0.4 is 4.72 Å². The summed E-state index contributed by atoms with van der Waals surface area (Å²) in [6, 6.07) is 12.8. The lowest BCUT2D eigenvalue weighted by atomic mass is 10.1. The number of aromatic nitrogens is 1. The molecule has 2 aromatic carbocycles. The maximum Gasteiger partial charge on any atom is 0.262 e. The predicted molar refractivity (Wildman–Crippen MR) is 93.2 cm³/mol. The smallest absolute Gasteiger partial charge is 0.262 e. The zero-order chi connectivity index (χ0) is 16.6. The first-order chi connectivity index (χ1) is 10.9. The van der Waals surface area contributed by atoms with E-state index in [-0.39, 0.29) is 0 Å². The van der Waals surface area contributed by atoms with E-state index in [4.69, 9.17) is 0 Å². The standard InChI is InChI=1S/C18H18N2O2S/c1-12-10-13(2)18(14(3)11-12)23(21,22)20-17-8-4-7-16-15(17)6-5-9-19-16/h4-11,20H,1-3H3. The van der Waals surface area contributed by atoms with Crippen LogP contribution >= 0.6 is 0 Å². The average Bonchev–Trinajstić information content (AvgIpc) is 2.45. The Balaban J connectivity index is 2.12. The first kappa shape index (κ1) is 15.5. The van der Waals surface area contributed by atoms with E-state index in [1.165, 1.54) is 0 Å². The Hall–Kier alpha value is -2.40. The molecule has 0 aliphatic rings. The van der Waals surface area contributed by atoms with Crippen LogP contribution in [0.3, 0.4) is 0 Å². The molecule has 1 N–H and O–H groups in total. The Morgan fingerprint density at radius 3 is 2.35 bits per heavy atom. The van der Waals surface area contributed by atoms with Gasteiger partial charge in [-0.3, -0.25) is 9.71 Å². The SMILES string of the molecule is Cc1cc(C)c(S(=O)(=O)Nc2cccc3ncccc23)c(C)c1. The van der Waals surface area contributed by atoms with E-state index < -0.39 is 10.0 Å². The fourth-order valence-corrected chi connectivity index (χ4v) is 4.51. The molecule has 0 aliphatic carbocycles. The molecule has 0 amide bonds. The van der Waals surface area contributed by atoms with Crippen molar-refractivity contribution in [2.45, 2.75) is 25.7 Å². The van der Waals surface area contributed by atoms with Crippen LogP contribution in [-0.4, -0.2) is 13.4 Å². The molecule has 1 heterocycles. The van der Waals surface area contributed by atoms with Gasteiger partial charge in [0.25, 0.3) is 10.0 Å². The summed E-state index contributed by atoms with van der Waals surface area (Å²) in [6.45, 7) is 5.60. The van der Waals surface area contributed by atoms with Crippen molar-refractivity contribution >= 4 is 26.6 Å². The van der Waals surface area contributed by atoms with Crippen LogP contribution in [0.2, 0.25) is 0 Å². The first-order valence-corrected chi connectivity index (χ1v) is 8.81. The van der Waals surface area contributed by atoms with Crippen molar-refractivity contribution in [3.05, 3.63) is 65.4 Å². The second kappa shape index (κ2) is 5.66. The average molecular weight is 326 g/mol. The number of sulfonamides is 1. The Bertz CT molecular complexity index is 967. The van der Waals surface area contributed by atoms with Crippen LogP contribution in [0, 0.1) is 20.8 Å². The highest BCUT2D eigenvalue weighted by Gasteiger charge is 2.20. The highest BCUT2D eigenvalue weighted by atomic mass is 32.2. The third-order valence-corrected chi connectivity index (χ3v) is 5.43. The van der Waals surface area contributed by atoms with Crippen LogP contribution in [-0.2, 0) is 10.0 Å². The maximum absolute atomic E-state index is 12.9. The normalized spacial score (nSPS) is 11.6. The van der Waals surface area contributed by atoms with Crippen LogP contribution in [0.1, 0.15) is 16.7 Å². The van der Waals surface area contributed by atoms with E-state index in [0.29, 0.717) is 10.6 Å². The molecule has 0 saturated carbocycles. The number of hydrogen-bond acceptors (Lipinski definition) is 3. The van der Waals surface area contributed by atoms with Crippen molar-refractivity contribution < 1.29 is 8.42 Å². The molecule has 0 fully saturated rings. The molecular weight excluding hydrogens is 308 g/mol. The minimum absolute atomic E-state index is 0.337. The predicted octanol–water partition coefficient (Wildman–Crippen LogP) is 3.96. The van der Waals surface area contributed by atoms with E-state index in [0.717, 1.165) is 27.6 Å². The van der Waals surface area contributed by atoms with Crippen LogP contribution in [0.25, 0.3) is 10.9 Å². The van der Waals surface area contributed by atoms with Gasteiger partial charge in [-0.25, -0.2) is 8.42 Å². The number of rotatable bonds is 3. The van der Waals surface area contributed by atoms with Crippen molar-refractivity contribution in [3.8, 4) is 0 Å². The van der Waals surface area contributed by atoms with Crippen molar-refractivity contribution in [1.82, 2.24) is 4.98 Å². The van der Waals surface area contributed by atoms with E-state index in [9.17, 15) is 8.42 Å². The number of hydrogen-bond donors (Lipinski definition) is 1. The van der Waals surface area contributed by atoms with Gasteiger partial charge in [0.2, 0.25) is 0 Å². The highest BCUT2D eigenvalue weighted by molar-refractivity contribution is 7.92. The van der Waals surface area contributed by atoms with Gasteiger partial charge in [-0.1, -0.05) is 23.8 Å². The van der Waals surface area contributed by atoms with Gasteiger partial charge in [-0.15, -0.1) is 0 Å². The molecule has 0 saturated heterocycles. The van der Waals surface area contributed by atoms with E-state index >= 15 is 0 Å². The molecule has 5 heteroatoms. The van der Waals surface area contributed by atoms with Crippen molar-refractivity contribution in [2.24, 2.45) is 0 Å². The van der Waals surface area contributed by atoms with Gasteiger partial charge in [0, 0.05) is 11.6 Å². The summed E-state index contributed by atoms with van der Waals surface area (Å²) >= 11 is 0. The maximum atomic E-state index is 12.9. The Labute approximate surface area is 136 Å². The number of nitrogens with one attached hydrogen (secondary N) is 1. The number of aryl methyl sites for hydroxylation is 3.